The molecule has 65 heavy (non-hydrogen) atoms. The zero-order chi connectivity index (χ0) is 46.2. The molecule has 2 aliphatic carbocycles. The van der Waals surface area contributed by atoms with Crippen molar-refractivity contribution in [3.8, 4) is 11.5 Å². The van der Waals surface area contributed by atoms with E-state index in [0.29, 0.717) is 68.0 Å². The highest BCUT2D eigenvalue weighted by molar-refractivity contribution is 6.03. The number of fused-ring (bicyclic) bond motifs is 2. The van der Waals surface area contributed by atoms with Gasteiger partial charge >= 0.3 is 6.09 Å². The molecule has 2 heterocycles. The van der Waals surface area contributed by atoms with Crippen LogP contribution in [0.25, 0.3) is 6.08 Å². The summed E-state index contributed by atoms with van der Waals surface area (Å²) in [7, 11) is 0. The highest BCUT2D eigenvalue weighted by atomic mass is 16.8. The first-order valence-electron chi connectivity index (χ1n) is 22.9. The summed E-state index contributed by atoms with van der Waals surface area (Å²) in [5, 5.41) is 48.4. The van der Waals surface area contributed by atoms with Crippen molar-refractivity contribution in [3.63, 3.8) is 0 Å². The molecule has 2 amide bonds. The highest BCUT2D eigenvalue weighted by Crippen LogP contribution is 2.62. The lowest BCUT2D eigenvalue weighted by molar-refractivity contribution is -0.384. The third-order valence-electron chi connectivity index (χ3n) is 12.5. The number of carbonyl (C=O) groups is 2. The summed E-state index contributed by atoms with van der Waals surface area (Å²) in [5.41, 5.74) is 2.66. The van der Waals surface area contributed by atoms with Gasteiger partial charge in [0.15, 0.2) is 0 Å². The Bertz CT molecular complexity index is 2000. The number of nitrogens with zero attached hydrogens (tertiary/aromatic N) is 3. The first-order valence-corrected chi connectivity index (χ1v) is 22.9. The molecule has 0 radical (unpaired) electrons. The number of unbranched alkanes of at least 4 members (excludes halogenated alkanes) is 2. The van der Waals surface area contributed by atoms with E-state index >= 15 is 0 Å². The third-order valence-corrected chi connectivity index (χ3v) is 12.5. The fraction of sp³-hybridized carbons (Fsp3) is 0.562. The fourth-order valence-corrected chi connectivity index (χ4v) is 9.64. The molecule has 0 bridgehead atoms. The molecular weight excluding hydrogens is 841 g/mol. The lowest BCUT2D eigenvalue weighted by Crippen LogP contribution is -2.70. The number of non-ortho nitro benzene ring substituents is 1. The van der Waals surface area contributed by atoms with Gasteiger partial charge < -0.3 is 54.1 Å². The summed E-state index contributed by atoms with van der Waals surface area (Å²) in [6.45, 7) is 6.73. The molecule has 4 aliphatic rings. The number of oxime groups is 1. The van der Waals surface area contributed by atoms with E-state index in [1.165, 1.54) is 18.2 Å². The van der Waals surface area contributed by atoms with E-state index in [-0.39, 0.29) is 76.0 Å². The van der Waals surface area contributed by atoms with Gasteiger partial charge in [-0.2, -0.15) is 0 Å². The summed E-state index contributed by atoms with van der Waals surface area (Å²) >= 11 is 0. The summed E-state index contributed by atoms with van der Waals surface area (Å²) in [5.74, 6) is -2.35. The minimum absolute atomic E-state index is 0.0238. The third kappa shape index (κ3) is 12.2. The van der Waals surface area contributed by atoms with Gasteiger partial charge in [-0.25, -0.2) is 4.79 Å². The van der Waals surface area contributed by atoms with Crippen LogP contribution in [0.15, 0.2) is 78.0 Å². The van der Waals surface area contributed by atoms with E-state index in [1.54, 1.807) is 48.2 Å². The molecule has 17 nitrogen and oxygen atoms in total. The van der Waals surface area contributed by atoms with Crippen LogP contribution in [0.2, 0.25) is 0 Å². The summed E-state index contributed by atoms with van der Waals surface area (Å²) < 4.78 is 31.8. The Hall–Kier alpha value is -5.17. The van der Waals surface area contributed by atoms with Crippen LogP contribution in [0.3, 0.4) is 0 Å². The quantitative estimate of drug-likeness (QED) is 0.0294. The van der Waals surface area contributed by atoms with Gasteiger partial charge in [-0.3, -0.25) is 14.9 Å². The Balaban J connectivity index is 1.57. The smallest absolute Gasteiger partial charge is 0.412 e. The Kier molecular flexibility index (Phi) is 18.5. The van der Waals surface area contributed by atoms with Gasteiger partial charge in [0.1, 0.15) is 17.5 Å². The number of nitro benzene ring substituents is 1. The number of ether oxygens (including phenoxy) is 5. The van der Waals surface area contributed by atoms with Crippen LogP contribution >= 0.6 is 0 Å². The van der Waals surface area contributed by atoms with Gasteiger partial charge in [0, 0.05) is 68.8 Å². The maximum absolute atomic E-state index is 14.9. The maximum atomic E-state index is 14.9. The number of hydrogen-bond acceptors (Lipinski definition) is 14. The number of aliphatic hydroxyl groups is 3. The van der Waals surface area contributed by atoms with Crippen molar-refractivity contribution in [2.75, 3.05) is 59.3 Å². The predicted molar refractivity (Wildman–Crippen MR) is 241 cm³/mol. The number of hydrogen-bond donors (Lipinski definition) is 4. The molecule has 17 heteroatoms. The van der Waals surface area contributed by atoms with Gasteiger partial charge in [0.05, 0.1) is 49.6 Å². The van der Waals surface area contributed by atoms with Crippen molar-refractivity contribution in [2.45, 2.75) is 95.2 Å². The lowest BCUT2D eigenvalue weighted by atomic mass is 9.55. The first kappa shape index (κ1) is 49.3. The standard InChI is InChI=1S/C48H64N4O13/c1-3-26-62-48-42(51(22-28-60-29-25-55)43(56)21-16-33-14-17-35(18-15-33)52(58)59)32-40(50-65-44-13-7-10-27-61-44)38-30-34(11-5-8-23-53)37(12-6-9-24-54)45(46(38)48)39-31-36(19-20-41(39)64-48)63-47(57)49-4-2/h3,14-21,30-31,34,37,42,44-46,53-55H,1,4-13,22-29,32H2,2H3,(H,49,57)/t34-,37+,42-,44?,45+,46+,48+/m0/s1. The number of benzene rings is 2. The number of carbonyl (C=O) groups excluding carboxylic acids is 2. The Morgan fingerprint density at radius 3 is 2.52 bits per heavy atom. The zero-order valence-corrected chi connectivity index (χ0v) is 37.2. The monoisotopic (exact) mass is 904 g/mol. The van der Waals surface area contributed by atoms with Crippen LogP contribution in [0.5, 0.6) is 11.5 Å². The van der Waals surface area contributed by atoms with Crippen molar-refractivity contribution in [1.82, 2.24) is 10.2 Å². The normalized spacial score (nSPS) is 25.2. The highest BCUT2D eigenvalue weighted by Gasteiger charge is 2.65. The molecule has 2 aromatic carbocycles. The van der Waals surface area contributed by atoms with Crippen LogP contribution < -0.4 is 14.8 Å². The summed E-state index contributed by atoms with van der Waals surface area (Å²) in [6, 6.07) is 10.2. The number of allylic oxidation sites excluding steroid dienone is 1. The second kappa shape index (κ2) is 24.4. The molecule has 6 rings (SSSR count). The number of amides is 2. The van der Waals surface area contributed by atoms with E-state index in [9.17, 15) is 35.0 Å². The molecule has 1 unspecified atom stereocenters. The van der Waals surface area contributed by atoms with Crippen LogP contribution in [0.1, 0.15) is 88.2 Å². The molecule has 1 saturated carbocycles. The average molecular weight is 905 g/mol. The molecule has 4 N–H and O–H groups in total. The van der Waals surface area contributed by atoms with E-state index in [2.05, 4.69) is 18.0 Å². The van der Waals surface area contributed by atoms with Gasteiger partial charge in [-0.05, 0) is 105 Å². The fourth-order valence-electron chi connectivity index (χ4n) is 9.64. The van der Waals surface area contributed by atoms with Crippen LogP contribution in [0, 0.1) is 27.9 Å². The van der Waals surface area contributed by atoms with Crippen molar-refractivity contribution >= 4 is 29.5 Å². The Morgan fingerprint density at radius 1 is 1.05 bits per heavy atom. The molecule has 354 valence electrons. The molecule has 0 spiro atoms. The largest absolute Gasteiger partial charge is 0.459 e. The van der Waals surface area contributed by atoms with E-state index in [4.69, 9.17) is 33.7 Å². The van der Waals surface area contributed by atoms with Gasteiger partial charge in [-0.15, -0.1) is 6.58 Å². The van der Waals surface area contributed by atoms with Crippen molar-refractivity contribution in [1.29, 1.82) is 0 Å². The number of nitrogens with one attached hydrogen (secondary N) is 1. The number of nitro groups is 1. The summed E-state index contributed by atoms with van der Waals surface area (Å²) in [6.07, 6.45) is 12.4. The molecule has 7 atom stereocenters. The molecule has 0 aromatic heterocycles. The number of aliphatic hydroxyl groups excluding tert-OH is 3. The van der Waals surface area contributed by atoms with Crippen LogP contribution in [-0.4, -0.2) is 120 Å². The first-order chi connectivity index (χ1) is 31.7. The molecule has 2 aliphatic heterocycles. The van der Waals surface area contributed by atoms with Gasteiger partial charge in [-0.1, -0.05) is 30.1 Å². The van der Waals surface area contributed by atoms with E-state index < -0.39 is 41.0 Å². The van der Waals surface area contributed by atoms with Crippen molar-refractivity contribution < 1.29 is 58.4 Å². The molecule has 1 saturated heterocycles. The zero-order valence-electron chi connectivity index (χ0n) is 37.2. The number of rotatable bonds is 24. The van der Waals surface area contributed by atoms with Gasteiger partial charge in [0.25, 0.3) is 5.69 Å². The Morgan fingerprint density at radius 2 is 1.83 bits per heavy atom. The minimum Gasteiger partial charge on any atom is -0.459 e. The Labute approximate surface area is 380 Å². The van der Waals surface area contributed by atoms with E-state index in [0.717, 1.165) is 36.8 Å². The second-order valence-electron chi connectivity index (χ2n) is 16.6. The molecule has 2 aromatic rings. The predicted octanol–water partition coefficient (Wildman–Crippen LogP) is 6.41. The molecule has 2 fully saturated rings. The van der Waals surface area contributed by atoms with Crippen LogP contribution in [0.4, 0.5) is 10.5 Å². The summed E-state index contributed by atoms with van der Waals surface area (Å²) in [4.78, 5) is 46.4. The topological polar surface area (TPSA) is 221 Å². The maximum Gasteiger partial charge on any atom is 0.412 e. The van der Waals surface area contributed by atoms with Crippen LogP contribution in [-0.2, 0) is 23.8 Å². The van der Waals surface area contributed by atoms with Gasteiger partial charge in [0.2, 0.25) is 18.0 Å². The average Bonchev–Trinajstić information content (AvgIpc) is 3.31. The van der Waals surface area contributed by atoms with Crippen molar-refractivity contribution in [3.05, 3.63) is 94.1 Å². The SMILES string of the molecule is C=CCO[C@@]12Oc3ccc(OC(=O)NCC)cc3[C@H]3[C@H](CCCCO)[C@@H](CCCCO)C=C(C(=NOC4CCCCO4)C[C@@H]1N(CCOCCO)C(=O)C=Cc1ccc([N+](=O)[O-])cc1)[C@H]32. The minimum atomic E-state index is -1.58. The second-order valence-corrected chi connectivity index (χ2v) is 16.6. The van der Waals surface area contributed by atoms with E-state index in [1.807, 2.05) is 6.07 Å². The molecular formula is C48H64N4O13. The lowest BCUT2D eigenvalue weighted by Gasteiger charge is -2.60. The van der Waals surface area contributed by atoms with Crippen molar-refractivity contribution in [2.24, 2.45) is 22.9 Å².